The van der Waals surface area contributed by atoms with Crippen molar-refractivity contribution >= 4 is 16.7 Å². The van der Waals surface area contributed by atoms with E-state index >= 15 is 0 Å². The van der Waals surface area contributed by atoms with Gasteiger partial charge in [0.05, 0.1) is 6.42 Å². The van der Waals surface area contributed by atoms with Gasteiger partial charge in [0, 0.05) is 13.1 Å². The normalized spacial score (nSPS) is 28.3. The van der Waals surface area contributed by atoms with E-state index in [2.05, 4.69) is 68.1 Å². The molecule has 1 aliphatic heterocycles. The van der Waals surface area contributed by atoms with E-state index in [9.17, 15) is 4.79 Å². The van der Waals surface area contributed by atoms with E-state index in [4.69, 9.17) is 0 Å². The predicted octanol–water partition coefficient (Wildman–Crippen LogP) is 4.67. The molecule has 0 radical (unpaired) electrons. The number of likely N-dealkylation sites (tertiary alicyclic amines) is 1. The molecule has 2 bridgehead atoms. The molecule has 126 valence electrons. The van der Waals surface area contributed by atoms with Crippen molar-refractivity contribution in [1.29, 1.82) is 0 Å². The second-order valence-corrected chi connectivity index (χ2v) is 8.61. The highest BCUT2D eigenvalue weighted by Gasteiger charge is 2.55. The van der Waals surface area contributed by atoms with E-state index in [-0.39, 0.29) is 5.41 Å². The minimum atomic E-state index is 0.268. The summed E-state index contributed by atoms with van der Waals surface area (Å²) in [6, 6.07) is 14.6. The van der Waals surface area contributed by atoms with Crippen molar-refractivity contribution in [3.8, 4) is 0 Å². The van der Waals surface area contributed by atoms with Gasteiger partial charge in [-0.15, -0.1) is 0 Å². The highest BCUT2D eigenvalue weighted by molar-refractivity contribution is 5.90. The van der Waals surface area contributed by atoms with Gasteiger partial charge in [0.15, 0.2) is 0 Å². The summed E-state index contributed by atoms with van der Waals surface area (Å²) >= 11 is 0. The fourth-order valence-electron chi connectivity index (χ4n) is 4.93. The van der Waals surface area contributed by atoms with Crippen LogP contribution in [0.25, 0.3) is 10.8 Å². The standard InChI is InChI=1S/C22H27NO/c1-21(2)18-11-12-22(21,3)15-23(14-18)20(24)13-17-9-6-8-16-7-4-5-10-19(16)17/h4-10,18H,11-15H2,1-3H3/t18?,22-/m1/s1. The highest BCUT2D eigenvalue weighted by atomic mass is 16.2. The fourth-order valence-corrected chi connectivity index (χ4v) is 4.93. The first kappa shape index (κ1) is 15.7. The third-order valence-electron chi connectivity index (χ3n) is 7.18. The van der Waals surface area contributed by atoms with Gasteiger partial charge in [-0.2, -0.15) is 0 Å². The van der Waals surface area contributed by atoms with Crippen LogP contribution in [0.15, 0.2) is 42.5 Å². The van der Waals surface area contributed by atoms with Gasteiger partial charge in [0.2, 0.25) is 5.91 Å². The summed E-state index contributed by atoms with van der Waals surface area (Å²) in [4.78, 5) is 15.2. The first-order valence-corrected chi connectivity index (χ1v) is 9.15. The number of benzene rings is 2. The molecule has 1 heterocycles. The van der Waals surface area contributed by atoms with Crippen molar-refractivity contribution in [2.45, 2.75) is 40.0 Å². The second-order valence-electron chi connectivity index (χ2n) is 8.61. The molecule has 1 aliphatic carbocycles. The quantitative estimate of drug-likeness (QED) is 0.787. The molecular weight excluding hydrogens is 294 g/mol. The summed E-state index contributed by atoms with van der Waals surface area (Å²) < 4.78 is 0. The van der Waals surface area contributed by atoms with Gasteiger partial charge < -0.3 is 4.90 Å². The number of carbonyl (C=O) groups is 1. The Kier molecular flexibility index (Phi) is 3.49. The molecule has 24 heavy (non-hydrogen) atoms. The van der Waals surface area contributed by atoms with E-state index in [1.807, 2.05) is 0 Å². The smallest absolute Gasteiger partial charge is 0.227 e. The maximum Gasteiger partial charge on any atom is 0.227 e. The maximum atomic E-state index is 13.0. The third-order valence-corrected chi connectivity index (χ3v) is 7.18. The average Bonchev–Trinajstić information content (AvgIpc) is 2.71. The van der Waals surface area contributed by atoms with E-state index in [0.717, 1.165) is 18.7 Å². The van der Waals surface area contributed by atoms with Crippen molar-refractivity contribution in [1.82, 2.24) is 4.90 Å². The molecule has 1 unspecified atom stereocenters. The number of rotatable bonds is 2. The molecule has 2 fully saturated rings. The predicted molar refractivity (Wildman–Crippen MR) is 98.8 cm³/mol. The molecule has 2 aliphatic rings. The van der Waals surface area contributed by atoms with Crippen LogP contribution in [0.2, 0.25) is 0 Å². The summed E-state index contributed by atoms with van der Waals surface area (Å²) in [6.45, 7) is 9.03. The van der Waals surface area contributed by atoms with Crippen LogP contribution in [-0.4, -0.2) is 23.9 Å². The summed E-state index contributed by atoms with van der Waals surface area (Å²) in [5, 5.41) is 2.43. The molecule has 1 amide bonds. The van der Waals surface area contributed by atoms with E-state index in [1.165, 1.54) is 23.6 Å². The monoisotopic (exact) mass is 321 g/mol. The molecule has 0 spiro atoms. The van der Waals surface area contributed by atoms with Gasteiger partial charge in [-0.25, -0.2) is 0 Å². The zero-order valence-corrected chi connectivity index (χ0v) is 15.0. The Balaban J connectivity index is 1.57. The van der Waals surface area contributed by atoms with Crippen LogP contribution in [0.3, 0.4) is 0 Å². The first-order valence-electron chi connectivity index (χ1n) is 9.15. The molecule has 2 nitrogen and oxygen atoms in total. The summed E-state index contributed by atoms with van der Waals surface area (Å²) in [5.41, 5.74) is 1.77. The Bertz CT molecular complexity index is 788. The van der Waals surface area contributed by atoms with Gasteiger partial charge in [-0.1, -0.05) is 63.2 Å². The van der Waals surface area contributed by atoms with Crippen LogP contribution in [0.1, 0.15) is 39.2 Å². The second kappa shape index (κ2) is 5.34. The summed E-state index contributed by atoms with van der Waals surface area (Å²) in [5.74, 6) is 0.938. The van der Waals surface area contributed by atoms with Crippen LogP contribution in [0, 0.1) is 16.7 Å². The lowest BCUT2D eigenvalue weighted by atomic mass is 9.63. The minimum Gasteiger partial charge on any atom is -0.342 e. The topological polar surface area (TPSA) is 20.3 Å². The number of amides is 1. The average molecular weight is 321 g/mol. The SMILES string of the molecule is CC1(C)C2CC[C@]1(C)CN(C(=O)Cc1cccc3ccccc13)C2. The van der Waals surface area contributed by atoms with Crippen molar-refractivity contribution in [2.24, 2.45) is 16.7 Å². The fraction of sp³-hybridized carbons (Fsp3) is 0.500. The van der Waals surface area contributed by atoms with Crippen LogP contribution < -0.4 is 0 Å². The number of piperidine rings is 1. The van der Waals surface area contributed by atoms with Crippen molar-refractivity contribution < 1.29 is 4.79 Å². The Morgan fingerprint density at radius 3 is 2.67 bits per heavy atom. The van der Waals surface area contributed by atoms with E-state index in [1.54, 1.807) is 0 Å². The molecule has 2 aromatic rings. The lowest BCUT2D eigenvalue weighted by Crippen LogP contribution is -2.54. The van der Waals surface area contributed by atoms with E-state index in [0.29, 0.717) is 23.7 Å². The summed E-state index contributed by atoms with van der Waals surface area (Å²) in [7, 11) is 0. The Morgan fingerprint density at radius 2 is 1.88 bits per heavy atom. The van der Waals surface area contributed by atoms with E-state index < -0.39 is 0 Å². The van der Waals surface area contributed by atoms with Crippen molar-refractivity contribution in [2.75, 3.05) is 13.1 Å². The van der Waals surface area contributed by atoms with Gasteiger partial charge in [-0.05, 0) is 45.9 Å². The van der Waals surface area contributed by atoms with Gasteiger partial charge in [-0.3, -0.25) is 4.79 Å². The Morgan fingerprint density at radius 1 is 1.12 bits per heavy atom. The van der Waals surface area contributed by atoms with Crippen LogP contribution in [0.4, 0.5) is 0 Å². The zero-order chi connectivity index (χ0) is 16.9. The highest BCUT2D eigenvalue weighted by Crippen LogP contribution is 2.58. The van der Waals surface area contributed by atoms with Crippen LogP contribution >= 0.6 is 0 Å². The number of hydrogen-bond donors (Lipinski definition) is 0. The molecule has 0 N–H and O–H groups in total. The Labute approximate surface area is 144 Å². The summed E-state index contributed by atoms with van der Waals surface area (Å²) in [6.07, 6.45) is 3.04. The number of nitrogens with zero attached hydrogens (tertiary/aromatic N) is 1. The molecule has 2 aromatic carbocycles. The third kappa shape index (κ3) is 2.27. The molecule has 1 saturated heterocycles. The van der Waals surface area contributed by atoms with Crippen molar-refractivity contribution in [3.05, 3.63) is 48.0 Å². The number of carbonyl (C=O) groups excluding carboxylic acids is 1. The minimum absolute atomic E-state index is 0.268. The van der Waals surface area contributed by atoms with Gasteiger partial charge >= 0.3 is 0 Å². The molecule has 2 atom stereocenters. The van der Waals surface area contributed by atoms with Crippen molar-refractivity contribution in [3.63, 3.8) is 0 Å². The number of hydrogen-bond acceptors (Lipinski definition) is 1. The van der Waals surface area contributed by atoms with Gasteiger partial charge in [0.25, 0.3) is 0 Å². The Hall–Kier alpha value is -1.83. The molecular formula is C22H27NO. The first-order chi connectivity index (χ1) is 11.4. The lowest BCUT2D eigenvalue weighted by Gasteiger charge is -2.50. The van der Waals surface area contributed by atoms with Gasteiger partial charge in [0.1, 0.15) is 0 Å². The van der Waals surface area contributed by atoms with Crippen LogP contribution in [-0.2, 0) is 11.2 Å². The lowest BCUT2D eigenvalue weighted by molar-refractivity contribution is -0.138. The maximum absolute atomic E-state index is 13.0. The molecule has 1 saturated carbocycles. The largest absolute Gasteiger partial charge is 0.342 e. The molecule has 4 rings (SSSR count). The number of fused-ring (bicyclic) bond motifs is 3. The zero-order valence-electron chi connectivity index (χ0n) is 15.0. The van der Waals surface area contributed by atoms with Crippen LogP contribution in [0.5, 0.6) is 0 Å². The molecule has 2 heteroatoms. The molecule has 0 aromatic heterocycles.